The number of hydrogen-bond donors (Lipinski definition) is 1. The molecule has 2 fully saturated rings. The molecule has 4 aliphatic heterocycles. The lowest BCUT2D eigenvalue weighted by molar-refractivity contribution is -0.164. The van der Waals surface area contributed by atoms with Crippen LogP contribution in [0.5, 0.6) is 0 Å². The van der Waals surface area contributed by atoms with Crippen molar-refractivity contribution in [2.75, 3.05) is 26.7 Å². The number of nitrogens with zero attached hydrogens (tertiary/aromatic N) is 3. The average molecular weight is 729 g/mol. The van der Waals surface area contributed by atoms with E-state index in [1.54, 1.807) is 16.8 Å². The van der Waals surface area contributed by atoms with Gasteiger partial charge in [0.25, 0.3) is 0 Å². The SMILES string of the molecule is CCCC(C)N1C/C=C\CCC(=O)N(C)[C@@H](C)[C@H](c2ccccc2)OC(=O)[C@H]2[C@@H]3O[C@@]4(C=C3Br)[C@@H]2C(=O)N(CCCCCCO)[C@@H]4C1=O. The molecule has 3 amide bonds. The molecular formula is C37H50BrN3O7. The lowest BCUT2D eigenvalue weighted by Gasteiger charge is -2.38. The van der Waals surface area contributed by atoms with Crippen LogP contribution in [0.2, 0.25) is 0 Å². The molecule has 0 saturated carbocycles. The van der Waals surface area contributed by atoms with E-state index in [-0.39, 0.29) is 36.8 Å². The first-order valence-corrected chi connectivity index (χ1v) is 18.3. The summed E-state index contributed by atoms with van der Waals surface area (Å²) in [5.41, 5.74) is -0.602. The molecule has 48 heavy (non-hydrogen) atoms. The van der Waals surface area contributed by atoms with E-state index < -0.39 is 47.7 Å². The maximum atomic E-state index is 14.9. The molecule has 11 heteroatoms. The average Bonchev–Trinajstić information content (AvgIpc) is 3.67. The molecule has 262 valence electrons. The number of unbranched alkanes of at least 4 members (excludes halogenated alkanes) is 3. The fraction of sp³-hybridized carbons (Fsp3) is 0.622. The number of halogens is 1. The number of likely N-dealkylation sites (N-methyl/N-ethyl adjacent to an activating group) is 1. The van der Waals surface area contributed by atoms with Crippen molar-refractivity contribution in [2.45, 2.75) is 108 Å². The zero-order chi connectivity index (χ0) is 34.6. The Kier molecular flexibility index (Phi) is 11.8. The molecule has 0 aliphatic carbocycles. The third-order valence-electron chi connectivity index (χ3n) is 10.6. The van der Waals surface area contributed by atoms with Gasteiger partial charge in [-0.25, -0.2) is 0 Å². The van der Waals surface area contributed by atoms with E-state index >= 15 is 0 Å². The molecule has 1 aromatic carbocycles. The van der Waals surface area contributed by atoms with Crippen LogP contribution in [0.15, 0.2) is 53.0 Å². The van der Waals surface area contributed by atoms with Crippen LogP contribution < -0.4 is 0 Å². The number of carbonyl (C=O) groups is 4. The molecule has 8 atom stereocenters. The van der Waals surface area contributed by atoms with E-state index in [0.717, 1.165) is 31.2 Å². The minimum absolute atomic E-state index is 0.0857. The molecule has 4 heterocycles. The molecule has 1 spiro atoms. The largest absolute Gasteiger partial charge is 0.455 e. The Labute approximate surface area is 292 Å². The van der Waals surface area contributed by atoms with Crippen molar-refractivity contribution in [3.8, 4) is 0 Å². The monoisotopic (exact) mass is 727 g/mol. The molecule has 0 aromatic heterocycles. The number of likely N-dealkylation sites (tertiary alicyclic amines) is 1. The third kappa shape index (κ3) is 6.87. The summed E-state index contributed by atoms with van der Waals surface area (Å²) < 4.78 is 13.6. The molecule has 0 radical (unpaired) electrons. The summed E-state index contributed by atoms with van der Waals surface area (Å²) in [5, 5.41) is 9.27. The number of rotatable bonds is 10. The minimum atomic E-state index is -1.34. The zero-order valence-electron chi connectivity index (χ0n) is 28.6. The van der Waals surface area contributed by atoms with E-state index in [9.17, 15) is 24.3 Å². The first-order valence-electron chi connectivity index (χ1n) is 17.5. The van der Waals surface area contributed by atoms with Gasteiger partial charge < -0.3 is 29.3 Å². The maximum Gasteiger partial charge on any atom is 0.313 e. The minimum Gasteiger partial charge on any atom is -0.455 e. The normalized spacial score (nSPS) is 32.4. The third-order valence-corrected chi connectivity index (χ3v) is 11.2. The molecule has 1 aromatic rings. The summed E-state index contributed by atoms with van der Waals surface area (Å²) in [5.74, 6) is -3.10. The number of carbonyl (C=O) groups excluding carboxylic acids is 4. The summed E-state index contributed by atoms with van der Waals surface area (Å²) in [6.07, 6.45) is 9.49. The zero-order valence-corrected chi connectivity index (χ0v) is 30.1. The molecule has 2 saturated heterocycles. The maximum absolute atomic E-state index is 14.9. The molecular weight excluding hydrogens is 678 g/mol. The van der Waals surface area contributed by atoms with Crippen LogP contribution in [0, 0.1) is 11.8 Å². The number of allylic oxidation sites excluding steroid dienone is 1. The van der Waals surface area contributed by atoms with Gasteiger partial charge in [0.05, 0.1) is 12.0 Å². The number of esters is 1. The molecule has 1 N–H and O–H groups in total. The number of aliphatic hydroxyl groups excluding tert-OH is 1. The van der Waals surface area contributed by atoms with E-state index in [4.69, 9.17) is 9.47 Å². The van der Waals surface area contributed by atoms with Crippen molar-refractivity contribution in [3.05, 3.63) is 58.6 Å². The molecule has 5 rings (SSSR count). The first-order chi connectivity index (χ1) is 23.1. The number of aliphatic hydroxyl groups is 1. The lowest BCUT2D eigenvalue weighted by atomic mass is 9.74. The Morgan fingerprint density at radius 3 is 2.46 bits per heavy atom. The van der Waals surface area contributed by atoms with Crippen molar-refractivity contribution < 1.29 is 33.8 Å². The van der Waals surface area contributed by atoms with Crippen LogP contribution in [0.1, 0.15) is 83.8 Å². The molecule has 4 aliphatic rings. The van der Waals surface area contributed by atoms with Gasteiger partial charge in [-0.05, 0) is 51.2 Å². The van der Waals surface area contributed by atoms with Crippen molar-refractivity contribution in [2.24, 2.45) is 11.8 Å². The van der Waals surface area contributed by atoms with Crippen LogP contribution in [0.3, 0.4) is 0 Å². The second kappa shape index (κ2) is 15.7. The standard InChI is InChI=1S/C37H50BrN3O7/c1-5-16-24(2)40-20-14-9-12-19-28(43)39(4)25(3)31(26-17-10-8-11-18-26)47-36(46)29-30-34(44)41(21-13-6-7-15-22-42)33(35(40)45)37(30)23-27(38)32(29)48-37/h8-11,14,17-18,23-25,29-33,42H,5-7,12-13,15-16,19-22H2,1-4H3/b14-9-/t24?,25-,29+,30-,31+,32+,33+,37-/m0/s1. The second-order valence-corrected chi connectivity index (χ2v) is 14.6. The summed E-state index contributed by atoms with van der Waals surface area (Å²) >= 11 is 3.64. The van der Waals surface area contributed by atoms with Crippen LogP contribution in [0.25, 0.3) is 0 Å². The molecule has 10 nitrogen and oxygen atoms in total. The Hall–Kier alpha value is -3.02. The first kappa shape index (κ1) is 36.3. The predicted octanol–water partition coefficient (Wildman–Crippen LogP) is 4.91. The van der Waals surface area contributed by atoms with Crippen LogP contribution in [-0.2, 0) is 28.7 Å². The molecule has 5 bridgehead atoms. The van der Waals surface area contributed by atoms with Gasteiger partial charge in [0.2, 0.25) is 17.7 Å². The number of fused-ring (bicyclic) bond motifs is 2. The van der Waals surface area contributed by atoms with E-state index in [2.05, 4.69) is 22.9 Å². The number of benzene rings is 1. The Balaban J connectivity index is 1.59. The number of hydrogen-bond acceptors (Lipinski definition) is 7. The van der Waals surface area contributed by atoms with Crippen LogP contribution >= 0.6 is 15.9 Å². The Morgan fingerprint density at radius 2 is 1.75 bits per heavy atom. The number of amides is 3. The van der Waals surface area contributed by atoms with Gasteiger partial charge in [0, 0.05) is 43.7 Å². The highest BCUT2D eigenvalue weighted by atomic mass is 79.9. The van der Waals surface area contributed by atoms with Gasteiger partial charge in [-0.1, -0.05) is 84.6 Å². The Bertz CT molecular complexity index is 1400. The highest BCUT2D eigenvalue weighted by Crippen LogP contribution is 2.59. The topological polar surface area (TPSA) is 117 Å². The fourth-order valence-electron chi connectivity index (χ4n) is 7.88. The van der Waals surface area contributed by atoms with Gasteiger partial charge in [-0.15, -0.1) is 0 Å². The lowest BCUT2D eigenvalue weighted by Crippen LogP contribution is -2.57. The predicted molar refractivity (Wildman–Crippen MR) is 185 cm³/mol. The highest BCUT2D eigenvalue weighted by Gasteiger charge is 2.75. The second-order valence-electron chi connectivity index (χ2n) is 13.6. The van der Waals surface area contributed by atoms with Crippen LogP contribution in [-0.4, -0.2) is 100 Å². The van der Waals surface area contributed by atoms with Crippen molar-refractivity contribution in [3.63, 3.8) is 0 Å². The quantitative estimate of drug-likeness (QED) is 0.207. The Morgan fingerprint density at radius 1 is 1.02 bits per heavy atom. The number of ether oxygens (including phenoxy) is 2. The molecule has 1 unspecified atom stereocenters. The van der Waals surface area contributed by atoms with E-state index in [1.165, 1.54) is 0 Å². The van der Waals surface area contributed by atoms with Gasteiger partial charge >= 0.3 is 5.97 Å². The number of cyclic esters (lactones) is 1. The summed E-state index contributed by atoms with van der Waals surface area (Å²) in [6, 6.07) is 7.77. The van der Waals surface area contributed by atoms with Crippen molar-refractivity contribution >= 4 is 39.6 Å². The van der Waals surface area contributed by atoms with E-state index in [1.807, 2.05) is 67.3 Å². The van der Waals surface area contributed by atoms with Crippen molar-refractivity contribution in [1.82, 2.24) is 14.7 Å². The summed E-state index contributed by atoms with van der Waals surface area (Å²) in [7, 11) is 1.72. The van der Waals surface area contributed by atoms with Gasteiger partial charge in [0.15, 0.2) is 0 Å². The van der Waals surface area contributed by atoms with E-state index in [0.29, 0.717) is 36.8 Å². The van der Waals surface area contributed by atoms with Gasteiger partial charge in [0.1, 0.15) is 29.8 Å². The van der Waals surface area contributed by atoms with Crippen LogP contribution in [0.4, 0.5) is 0 Å². The summed E-state index contributed by atoms with van der Waals surface area (Å²) in [6.45, 7) is 6.73. The fourth-order valence-corrected chi connectivity index (χ4v) is 8.62. The van der Waals surface area contributed by atoms with Gasteiger partial charge in [-0.3, -0.25) is 19.2 Å². The summed E-state index contributed by atoms with van der Waals surface area (Å²) in [4.78, 5) is 62.3. The smallest absolute Gasteiger partial charge is 0.313 e. The van der Waals surface area contributed by atoms with Crippen molar-refractivity contribution in [1.29, 1.82) is 0 Å². The highest BCUT2D eigenvalue weighted by molar-refractivity contribution is 9.11. The van der Waals surface area contributed by atoms with Gasteiger partial charge in [-0.2, -0.15) is 0 Å².